The highest BCUT2D eigenvalue weighted by atomic mass is 16.5. The molecule has 108 valence electrons. The van der Waals surface area contributed by atoms with Crippen LogP contribution in [0.1, 0.15) is 12.0 Å². The predicted octanol–water partition coefficient (Wildman–Crippen LogP) is 0.513. The average molecular weight is 278 g/mol. The summed E-state index contributed by atoms with van der Waals surface area (Å²) in [5.74, 6) is -1.19. The molecular weight excluding hydrogens is 260 g/mol. The molecule has 1 aliphatic heterocycles. The molecule has 0 bridgehead atoms. The number of anilines is 1. The van der Waals surface area contributed by atoms with Crippen molar-refractivity contribution in [3.63, 3.8) is 0 Å². The monoisotopic (exact) mass is 278 g/mol. The number of benzene rings is 1. The van der Waals surface area contributed by atoms with Gasteiger partial charge in [-0.05, 0) is 24.1 Å². The quantitative estimate of drug-likeness (QED) is 0.783. The summed E-state index contributed by atoms with van der Waals surface area (Å²) in [6.07, 6.45) is 0.820. The Morgan fingerprint density at radius 3 is 2.95 bits per heavy atom. The smallest absolute Gasteiger partial charge is 0.328 e. The number of carbonyl (C=O) groups excluding carboxylic acids is 1. The average Bonchev–Trinajstić information content (AvgIpc) is 2.45. The molecule has 0 spiro atoms. The van der Waals surface area contributed by atoms with Crippen LogP contribution in [0.3, 0.4) is 0 Å². The van der Waals surface area contributed by atoms with Crippen molar-refractivity contribution in [1.82, 2.24) is 4.90 Å². The van der Waals surface area contributed by atoms with Gasteiger partial charge < -0.3 is 20.5 Å². The van der Waals surface area contributed by atoms with Crippen LogP contribution in [0.2, 0.25) is 0 Å². The molecule has 0 radical (unpaired) electrons. The van der Waals surface area contributed by atoms with Gasteiger partial charge in [-0.1, -0.05) is 12.1 Å². The Balaban J connectivity index is 1.95. The molecule has 6 heteroatoms. The van der Waals surface area contributed by atoms with E-state index in [1.54, 1.807) is 6.07 Å². The van der Waals surface area contributed by atoms with Crippen molar-refractivity contribution in [3.05, 3.63) is 29.8 Å². The number of carboxylic acid groups (broad SMARTS) is 1. The fraction of sp³-hybridized carbons (Fsp3) is 0.429. The van der Waals surface area contributed by atoms with Crippen LogP contribution in [0, 0.1) is 0 Å². The van der Waals surface area contributed by atoms with E-state index >= 15 is 0 Å². The Hall–Kier alpha value is -2.08. The third-order valence-electron chi connectivity index (χ3n) is 3.31. The van der Waals surface area contributed by atoms with Gasteiger partial charge in [0.25, 0.3) is 0 Å². The third kappa shape index (κ3) is 3.48. The first-order chi connectivity index (χ1) is 9.58. The molecule has 1 heterocycles. The number of nitrogen functional groups attached to an aromatic ring is 1. The van der Waals surface area contributed by atoms with Gasteiger partial charge in [-0.25, -0.2) is 4.79 Å². The fourth-order valence-electron chi connectivity index (χ4n) is 2.25. The molecule has 1 aliphatic rings. The first kappa shape index (κ1) is 14.3. The van der Waals surface area contributed by atoms with Gasteiger partial charge in [0.1, 0.15) is 0 Å². The minimum atomic E-state index is -1.03. The van der Waals surface area contributed by atoms with E-state index in [4.69, 9.17) is 15.6 Å². The summed E-state index contributed by atoms with van der Waals surface area (Å²) in [6.45, 7) is 0.764. The molecule has 20 heavy (non-hydrogen) atoms. The van der Waals surface area contributed by atoms with E-state index in [1.807, 2.05) is 18.2 Å². The zero-order valence-electron chi connectivity index (χ0n) is 11.1. The molecule has 1 saturated heterocycles. The number of hydrogen-bond acceptors (Lipinski definition) is 4. The third-order valence-corrected chi connectivity index (χ3v) is 3.31. The lowest BCUT2D eigenvalue weighted by molar-refractivity contribution is -0.158. The van der Waals surface area contributed by atoms with Crippen LogP contribution in [0.4, 0.5) is 5.69 Å². The SMILES string of the molecule is Nc1cccc(CCC(=O)N2CCOCC2C(=O)O)c1. The number of morpholine rings is 1. The highest BCUT2D eigenvalue weighted by Crippen LogP contribution is 2.13. The van der Waals surface area contributed by atoms with Gasteiger partial charge in [0.05, 0.1) is 13.2 Å². The summed E-state index contributed by atoms with van der Waals surface area (Å²) in [5.41, 5.74) is 7.31. The van der Waals surface area contributed by atoms with Crippen LogP contribution < -0.4 is 5.73 Å². The molecule has 1 atom stereocenters. The lowest BCUT2D eigenvalue weighted by atomic mass is 10.1. The van der Waals surface area contributed by atoms with Gasteiger partial charge in [0.15, 0.2) is 6.04 Å². The zero-order chi connectivity index (χ0) is 14.5. The van der Waals surface area contributed by atoms with E-state index in [2.05, 4.69) is 0 Å². The van der Waals surface area contributed by atoms with E-state index < -0.39 is 12.0 Å². The predicted molar refractivity (Wildman–Crippen MR) is 73.1 cm³/mol. The largest absolute Gasteiger partial charge is 0.480 e. The Kier molecular flexibility index (Phi) is 4.57. The molecule has 6 nitrogen and oxygen atoms in total. The number of hydrogen-bond donors (Lipinski definition) is 2. The molecule has 1 aromatic carbocycles. The Morgan fingerprint density at radius 1 is 1.45 bits per heavy atom. The van der Waals surface area contributed by atoms with Crippen LogP contribution in [0.15, 0.2) is 24.3 Å². The van der Waals surface area contributed by atoms with E-state index in [0.29, 0.717) is 25.3 Å². The molecule has 1 fully saturated rings. The molecule has 1 aromatic rings. The number of aliphatic carboxylic acids is 1. The van der Waals surface area contributed by atoms with E-state index in [0.717, 1.165) is 5.56 Å². The Labute approximate surface area is 117 Å². The summed E-state index contributed by atoms with van der Waals surface area (Å²) in [5, 5.41) is 9.09. The Morgan fingerprint density at radius 2 is 2.25 bits per heavy atom. The van der Waals surface area contributed by atoms with Gasteiger partial charge >= 0.3 is 5.97 Å². The number of carbonyl (C=O) groups is 2. The number of ether oxygens (including phenoxy) is 1. The minimum Gasteiger partial charge on any atom is -0.480 e. The van der Waals surface area contributed by atoms with E-state index in [9.17, 15) is 9.59 Å². The van der Waals surface area contributed by atoms with Crippen LogP contribution >= 0.6 is 0 Å². The number of nitrogens with zero attached hydrogens (tertiary/aromatic N) is 1. The van der Waals surface area contributed by atoms with Crippen LogP contribution in [-0.2, 0) is 20.7 Å². The molecule has 0 saturated carbocycles. The lowest BCUT2D eigenvalue weighted by Crippen LogP contribution is -2.52. The number of aryl methyl sites for hydroxylation is 1. The van der Waals surface area contributed by atoms with Crippen molar-refractivity contribution >= 4 is 17.6 Å². The van der Waals surface area contributed by atoms with Crippen molar-refractivity contribution in [1.29, 1.82) is 0 Å². The summed E-state index contributed by atoms with van der Waals surface area (Å²) in [4.78, 5) is 24.6. The molecule has 0 aromatic heterocycles. The topological polar surface area (TPSA) is 92.9 Å². The van der Waals surface area contributed by atoms with Crippen LogP contribution in [-0.4, -0.2) is 47.7 Å². The Bertz CT molecular complexity index is 504. The standard InChI is InChI=1S/C14H18N2O4/c15-11-3-1-2-10(8-11)4-5-13(17)16-6-7-20-9-12(16)14(18)19/h1-3,8,12H,4-7,9,15H2,(H,18,19). The van der Waals surface area contributed by atoms with Crippen LogP contribution in [0.5, 0.6) is 0 Å². The number of rotatable bonds is 4. The van der Waals surface area contributed by atoms with Crippen molar-refractivity contribution in [3.8, 4) is 0 Å². The second-order valence-electron chi connectivity index (χ2n) is 4.76. The first-order valence-corrected chi connectivity index (χ1v) is 6.52. The second-order valence-corrected chi connectivity index (χ2v) is 4.76. The van der Waals surface area contributed by atoms with E-state index in [1.165, 1.54) is 4.90 Å². The maximum Gasteiger partial charge on any atom is 0.328 e. The van der Waals surface area contributed by atoms with Gasteiger partial charge in [-0.2, -0.15) is 0 Å². The lowest BCUT2D eigenvalue weighted by Gasteiger charge is -2.32. The number of nitrogens with two attached hydrogens (primary N) is 1. The second kappa shape index (κ2) is 6.38. The summed E-state index contributed by atoms with van der Waals surface area (Å²) in [6, 6.07) is 6.47. The molecule has 1 unspecified atom stereocenters. The summed E-state index contributed by atoms with van der Waals surface area (Å²) < 4.78 is 5.11. The highest BCUT2D eigenvalue weighted by molar-refractivity contribution is 5.84. The van der Waals surface area contributed by atoms with Crippen molar-refractivity contribution in [2.45, 2.75) is 18.9 Å². The number of amides is 1. The van der Waals surface area contributed by atoms with Crippen LogP contribution in [0.25, 0.3) is 0 Å². The zero-order valence-corrected chi connectivity index (χ0v) is 11.1. The van der Waals surface area contributed by atoms with Crippen molar-refractivity contribution in [2.24, 2.45) is 0 Å². The molecular formula is C14H18N2O4. The first-order valence-electron chi connectivity index (χ1n) is 6.52. The van der Waals surface area contributed by atoms with Gasteiger partial charge in [0.2, 0.25) is 5.91 Å². The van der Waals surface area contributed by atoms with Gasteiger partial charge in [-0.15, -0.1) is 0 Å². The molecule has 2 rings (SSSR count). The van der Waals surface area contributed by atoms with Crippen molar-refractivity contribution in [2.75, 3.05) is 25.5 Å². The molecule has 3 N–H and O–H groups in total. The fourth-order valence-corrected chi connectivity index (χ4v) is 2.25. The van der Waals surface area contributed by atoms with Crippen molar-refractivity contribution < 1.29 is 19.4 Å². The van der Waals surface area contributed by atoms with Gasteiger partial charge in [-0.3, -0.25) is 4.79 Å². The van der Waals surface area contributed by atoms with E-state index in [-0.39, 0.29) is 18.9 Å². The van der Waals surface area contributed by atoms with Gasteiger partial charge in [0, 0.05) is 18.7 Å². The highest BCUT2D eigenvalue weighted by Gasteiger charge is 2.32. The summed E-state index contributed by atoms with van der Waals surface area (Å²) >= 11 is 0. The number of carboxylic acids is 1. The maximum atomic E-state index is 12.1. The summed E-state index contributed by atoms with van der Waals surface area (Å²) in [7, 11) is 0. The normalized spacial score (nSPS) is 18.8. The minimum absolute atomic E-state index is 0.0549. The molecule has 0 aliphatic carbocycles. The maximum absolute atomic E-state index is 12.1. The molecule has 1 amide bonds.